The summed E-state index contributed by atoms with van der Waals surface area (Å²) in [6.07, 6.45) is 2.05. The monoisotopic (exact) mass is 418 g/mol. The van der Waals surface area contributed by atoms with E-state index in [1.165, 1.54) is 4.90 Å². The first kappa shape index (κ1) is 21.2. The van der Waals surface area contributed by atoms with E-state index in [-0.39, 0.29) is 18.4 Å². The fraction of sp³-hybridized carbons (Fsp3) is 0.385. The summed E-state index contributed by atoms with van der Waals surface area (Å²) >= 11 is 0. The molecule has 0 aliphatic carbocycles. The summed E-state index contributed by atoms with van der Waals surface area (Å²) in [4.78, 5) is 30.8. The van der Waals surface area contributed by atoms with Crippen LogP contribution in [0.3, 0.4) is 0 Å². The molecule has 2 aliphatic rings. The fourth-order valence-corrected chi connectivity index (χ4v) is 4.57. The standard InChI is InChI=1S/C26H30N2O3/c1-17-11-13-27(14-12-17)24-23(21-10-9-18(2)15-19(21)3)25(29)28(26(24)30)16-20-7-5-6-8-22(20)31-4/h5-10,15,17H,11-14,16H2,1-4H3. The molecule has 0 atom stereocenters. The molecule has 0 aromatic heterocycles. The summed E-state index contributed by atoms with van der Waals surface area (Å²) in [6, 6.07) is 13.6. The number of para-hydroxylation sites is 1. The number of ether oxygens (including phenoxy) is 1. The molecule has 5 nitrogen and oxygen atoms in total. The van der Waals surface area contributed by atoms with Crippen LogP contribution in [0.1, 0.15) is 42.0 Å². The molecule has 0 radical (unpaired) electrons. The highest BCUT2D eigenvalue weighted by Crippen LogP contribution is 2.36. The molecule has 2 amide bonds. The third-order valence-corrected chi connectivity index (χ3v) is 6.42. The zero-order valence-corrected chi connectivity index (χ0v) is 18.8. The minimum atomic E-state index is -0.225. The first-order chi connectivity index (χ1) is 14.9. The first-order valence-corrected chi connectivity index (χ1v) is 11.0. The summed E-state index contributed by atoms with van der Waals surface area (Å²) < 4.78 is 5.45. The lowest BCUT2D eigenvalue weighted by atomic mass is 9.95. The molecular weight excluding hydrogens is 388 g/mol. The number of piperidine rings is 1. The number of rotatable bonds is 5. The highest BCUT2D eigenvalue weighted by atomic mass is 16.5. The minimum Gasteiger partial charge on any atom is -0.496 e. The molecule has 1 saturated heterocycles. The number of carbonyl (C=O) groups excluding carboxylic acids is 2. The van der Waals surface area contributed by atoms with E-state index in [4.69, 9.17) is 4.74 Å². The number of imide groups is 1. The Morgan fingerprint density at radius 3 is 2.39 bits per heavy atom. The minimum absolute atomic E-state index is 0.198. The van der Waals surface area contributed by atoms with Gasteiger partial charge in [0.2, 0.25) is 0 Å². The van der Waals surface area contributed by atoms with Gasteiger partial charge in [-0.25, -0.2) is 0 Å². The van der Waals surface area contributed by atoms with Gasteiger partial charge in [0.25, 0.3) is 11.8 Å². The second-order valence-corrected chi connectivity index (χ2v) is 8.72. The van der Waals surface area contributed by atoms with Gasteiger partial charge in [0.05, 0.1) is 19.2 Å². The van der Waals surface area contributed by atoms with E-state index in [9.17, 15) is 9.59 Å². The van der Waals surface area contributed by atoms with E-state index in [2.05, 4.69) is 17.9 Å². The predicted molar refractivity (Wildman–Crippen MR) is 121 cm³/mol. The smallest absolute Gasteiger partial charge is 0.278 e. The van der Waals surface area contributed by atoms with Gasteiger partial charge in [-0.1, -0.05) is 48.9 Å². The summed E-state index contributed by atoms with van der Waals surface area (Å²) in [5, 5.41) is 0. The van der Waals surface area contributed by atoms with Crippen LogP contribution in [0.25, 0.3) is 5.57 Å². The maximum atomic E-state index is 13.7. The largest absolute Gasteiger partial charge is 0.496 e. The van der Waals surface area contributed by atoms with Crippen LogP contribution < -0.4 is 4.74 Å². The van der Waals surface area contributed by atoms with Gasteiger partial charge < -0.3 is 9.64 Å². The second-order valence-electron chi connectivity index (χ2n) is 8.72. The SMILES string of the molecule is COc1ccccc1CN1C(=O)C(c2ccc(C)cc2C)=C(N2CCC(C)CC2)C1=O. The predicted octanol–water partition coefficient (Wildman–Crippen LogP) is 4.32. The molecule has 31 heavy (non-hydrogen) atoms. The Labute approximate surface area is 184 Å². The Balaban J connectivity index is 1.76. The van der Waals surface area contributed by atoms with Crippen molar-refractivity contribution in [1.82, 2.24) is 9.80 Å². The van der Waals surface area contributed by atoms with Gasteiger partial charge in [0.1, 0.15) is 11.4 Å². The number of hydrogen-bond acceptors (Lipinski definition) is 4. The molecule has 0 spiro atoms. The molecule has 2 aliphatic heterocycles. The maximum Gasteiger partial charge on any atom is 0.278 e. The fourth-order valence-electron chi connectivity index (χ4n) is 4.57. The number of benzene rings is 2. The number of nitrogens with zero attached hydrogens (tertiary/aromatic N) is 2. The van der Waals surface area contributed by atoms with Crippen molar-refractivity contribution in [3.8, 4) is 5.75 Å². The van der Waals surface area contributed by atoms with Crippen LogP contribution in [0.15, 0.2) is 48.2 Å². The Bertz CT molecular complexity index is 1050. The van der Waals surface area contributed by atoms with Gasteiger partial charge in [0.15, 0.2) is 0 Å². The molecule has 2 heterocycles. The first-order valence-electron chi connectivity index (χ1n) is 11.0. The van der Waals surface area contributed by atoms with E-state index >= 15 is 0 Å². The van der Waals surface area contributed by atoms with Crippen LogP contribution in [0.5, 0.6) is 5.75 Å². The molecule has 0 N–H and O–H groups in total. The molecule has 162 valence electrons. The van der Waals surface area contributed by atoms with E-state index < -0.39 is 0 Å². The number of aryl methyl sites for hydroxylation is 2. The van der Waals surface area contributed by atoms with Crippen molar-refractivity contribution in [2.24, 2.45) is 5.92 Å². The van der Waals surface area contributed by atoms with E-state index in [0.717, 1.165) is 48.2 Å². The molecule has 0 unspecified atom stereocenters. The van der Waals surface area contributed by atoms with Crippen molar-refractivity contribution >= 4 is 17.4 Å². The van der Waals surface area contributed by atoms with Gasteiger partial charge in [-0.15, -0.1) is 0 Å². The topological polar surface area (TPSA) is 49.9 Å². The molecular formula is C26H30N2O3. The molecule has 1 fully saturated rings. The van der Waals surface area contributed by atoms with Gasteiger partial charge in [-0.3, -0.25) is 14.5 Å². The highest BCUT2D eigenvalue weighted by Gasteiger charge is 2.42. The van der Waals surface area contributed by atoms with Crippen LogP contribution in [0, 0.1) is 19.8 Å². The van der Waals surface area contributed by atoms with Gasteiger partial charge in [0, 0.05) is 18.7 Å². The van der Waals surface area contributed by atoms with Gasteiger partial charge >= 0.3 is 0 Å². The molecule has 4 rings (SSSR count). The zero-order valence-electron chi connectivity index (χ0n) is 18.8. The van der Waals surface area contributed by atoms with E-state index in [1.54, 1.807) is 7.11 Å². The van der Waals surface area contributed by atoms with Crippen molar-refractivity contribution in [3.05, 3.63) is 70.4 Å². The Kier molecular flexibility index (Phi) is 5.86. The van der Waals surface area contributed by atoms with E-state index in [1.807, 2.05) is 50.2 Å². The maximum absolute atomic E-state index is 13.7. The number of hydrogen-bond donors (Lipinski definition) is 0. The van der Waals surface area contributed by atoms with Gasteiger partial charge in [-0.05, 0) is 49.8 Å². The highest BCUT2D eigenvalue weighted by molar-refractivity contribution is 6.35. The lowest BCUT2D eigenvalue weighted by Gasteiger charge is -2.32. The van der Waals surface area contributed by atoms with Crippen molar-refractivity contribution < 1.29 is 14.3 Å². The third kappa shape index (κ3) is 3.97. The van der Waals surface area contributed by atoms with Crippen LogP contribution in [0.2, 0.25) is 0 Å². The Morgan fingerprint density at radius 2 is 1.71 bits per heavy atom. The second kappa shape index (κ2) is 8.58. The summed E-state index contributed by atoms with van der Waals surface area (Å²) in [6.45, 7) is 8.08. The van der Waals surface area contributed by atoms with Crippen LogP contribution in [0.4, 0.5) is 0 Å². The Hall–Kier alpha value is -3.08. The lowest BCUT2D eigenvalue weighted by molar-refractivity contribution is -0.138. The number of carbonyl (C=O) groups is 2. The average Bonchev–Trinajstić information content (AvgIpc) is 2.99. The molecule has 2 aromatic rings. The number of likely N-dealkylation sites (tertiary alicyclic amines) is 1. The molecule has 0 bridgehead atoms. The lowest BCUT2D eigenvalue weighted by Crippen LogP contribution is -2.38. The van der Waals surface area contributed by atoms with Crippen molar-refractivity contribution in [2.75, 3.05) is 20.2 Å². The van der Waals surface area contributed by atoms with Crippen molar-refractivity contribution in [1.29, 1.82) is 0 Å². The third-order valence-electron chi connectivity index (χ3n) is 6.42. The van der Waals surface area contributed by atoms with E-state index in [0.29, 0.717) is 22.9 Å². The van der Waals surface area contributed by atoms with Crippen molar-refractivity contribution in [3.63, 3.8) is 0 Å². The summed E-state index contributed by atoms with van der Waals surface area (Å²) in [5.74, 6) is 0.881. The zero-order chi connectivity index (χ0) is 22.1. The van der Waals surface area contributed by atoms with Crippen LogP contribution in [-0.4, -0.2) is 41.8 Å². The molecule has 5 heteroatoms. The number of amides is 2. The van der Waals surface area contributed by atoms with Crippen molar-refractivity contribution in [2.45, 2.75) is 40.2 Å². The molecule has 0 saturated carbocycles. The normalized spacial score (nSPS) is 17.7. The number of methoxy groups -OCH3 is 1. The quantitative estimate of drug-likeness (QED) is 0.679. The van der Waals surface area contributed by atoms with Gasteiger partial charge in [-0.2, -0.15) is 0 Å². The average molecular weight is 419 g/mol. The Morgan fingerprint density at radius 1 is 1.00 bits per heavy atom. The van der Waals surface area contributed by atoms with Crippen LogP contribution in [-0.2, 0) is 16.1 Å². The summed E-state index contributed by atoms with van der Waals surface area (Å²) in [7, 11) is 1.60. The molecule has 2 aromatic carbocycles. The van der Waals surface area contributed by atoms with Crippen LogP contribution >= 0.6 is 0 Å². The summed E-state index contributed by atoms with van der Waals surface area (Å²) in [5.41, 5.74) is 4.90.